The summed E-state index contributed by atoms with van der Waals surface area (Å²) in [6.07, 6.45) is 10.2. The third-order valence-corrected chi connectivity index (χ3v) is 4.17. The van der Waals surface area contributed by atoms with Crippen molar-refractivity contribution in [3.8, 4) is 16.9 Å². The van der Waals surface area contributed by atoms with Gasteiger partial charge in [-0.05, 0) is 50.5 Å². The summed E-state index contributed by atoms with van der Waals surface area (Å²) in [4.78, 5) is 9.11. The molecular formula is C21H26N4O2. The van der Waals surface area contributed by atoms with Gasteiger partial charge in [0, 0.05) is 23.5 Å². The Morgan fingerprint density at radius 1 is 1.22 bits per heavy atom. The molecule has 1 aromatic carbocycles. The van der Waals surface area contributed by atoms with Crippen LogP contribution >= 0.6 is 0 Å². The lowest BCUT2D eigenvalue weighted by Crippen LogP contribution is -2.21. The maximum atomic E-state index is 9.43. The maximum Gasteiger partial charge on any atom is 0.229 e. The molecular weight excluding hydrogens is 340 g/mol. The molecule has 2 aromatic rings. The van der Waals surface area contributed by atoms with E-state index < -0.39 is 0 Å². The van der Waals surface area contributed by atoms with E-state index in [4.69, 9.17) is 4.74 Å². The van der Waals surface area contributed by atoms with Crippen LogP contribution in [0.3, 0.4) is 0 Å². The molecule has 0 unspecified atom stereocenters. The van der Waals surface area contributed by atoms with Crippen molar-refractivity contribution in [3.63, 3.8) is 0 Å². The summed E-state index contributed by atoms with van der Waals surface area (Å²) in [5, 5.41) is 15.9. The number of nitrogens with one attached hydrogen (secondary N) is 2. The van der Waals surface area contributed by atoms with Crippen molar-refractivity contribution in [2.24, 2.45) is 0 Å². The van der Waals surface area contributed by atoms with E-state index in [-0.39, 0.29) is 12.6 Å². The molecule has 6 nitrogen and oxygen atoms in total. The molecule has 1 aromatic heterocycles. The molecule has 1 aliphatic carbocycles. The highest BCUT2D eigenvalue weighted by molar-refractivity contribution is 5.76. The Hall–Kier alpha value is -2.86. The molecule has 0 radical (unpaired) electrons. The lowest BCUT2D eigenvalue weighted by molar-refractivity contribution is 0.281. The van der Waals surface area contributed by atoms with Gasteiger partial charge in [-0.3, -0.25) is 0 Å². The second-order valence-corrected chi connectivity index (χ2v) is 6.41. The number of aliphatic hydroxyl groups is 1. The van der Waals surface area contributed by atoms with E-state index in [0.717, 1.165) is 35.4 Å². The summed E-state index contributed by atoms with van der Waals surface area (Å²) in [5.74, 6) is 2.03. The fourth-order valence-electron chi connectivity index (χ4n) is 2.77. The molecule has 0 fully saturated rings. The summed E-state index contributed by atoms with van der Waals surface area (Å²) in [5.41, 5.74) is 2.85. The summed E-state index contributed by atoms with van der Waals surface area (Å²) < 4.78 is 5.51. The van der Waals surface area contributed by atoms with Crippen LogP contribution in [0.1, 0.15) is 26.7 Å². The zero-order valence-electron chi connectivity index (χ0n) is 15.8. The largest absolute Gasteiger partial charge is 0.494 e. The first-order chi connectivity index (χ1) is 13.2. The molecule has 0 spiro atoms. The number of aromatic nitrogens is 2. The molecule has 6 heteroatoms. The molecule has 0 bridgehead atoms. The highest BCUT2D eigenvalue weighted by Crippen LogP contribution is 2.29. The molecule has 1 aliphatic rings. The van der Waals surface area contributed by atoms with Crippen LogP contribution in [0.4, 0.5) is 11.8 Å². The van der Waals surface area contributed by atoms with Crippen molar-refractivity contribution in [2.45, 2.75) is 32.7 Å². The predicted octanol–water partition coefficient (Wildman–Crippen LogP) is 3.98. The van der Waals surface area contributed by atoms with E-state index in [2.05, 4.69) is 32.8 Å². The van der Waals surface area contributed by atoms with Crippen LogP contribution in [0.15, 0.2) is 54.4 Å². The Balaban J connectivity index is 1.89. The number of nitrogens with zero attached hydrogens (tertiary/aromatic N) is 2. The number of hydrogen-bond acceptors (Lipinski definition) is 6. The predicted molar refractivity (Wildman–Crippen MR) is 109 cm³/mol. The van der Waals surface area contributed by atoms with Crippen molar-refractivity contribution < 1.29 is 9.84 Å². The van der Waals surface area contributed by atoms with Crippen molar-refractivity contribution in [1.82, 2.24) is 9.97 Å². The number of hydrogen-bond donors (Lipinski definition) is 3. The van der Waals surface area contributed by atoms with Crippen LogP contribution in [-0.2, 0) is 0 Å². The van der Waals surface area contributed by atoms with Crippen LogP contribution in [0.2, 0.25) is 0 Å². The molecule has 1 atom stereocenters. The minimum absolute atomic E-state index is 0.0172. The number of allylic oxidation sites excluding steroid dienone is 3. The van der Waals surface area contributed by atoms with Gasteiger partial charge in [0.2, 0.25) is 5.95 Å². The van der Waals surface area contributed by atoms with Gasteiger partial charge in [-0.2, -0.15) is 4.98 Å². The molecule has 3 N–H and O–H groups in total. The average molecular weight is 366 g/mol. The van der Waals surface area contributed by atoms with Crippen molar-refractivity contribution in [1.29, 1.82) is 0 Å². The fraction of sp³-hybridized carbons (Fsp3) is 0.333. The number of benzene rings is 1. The lowest BCUT2D eigenvalue weighted by atomic mass is 10.1. The quantitative estimate of drug-likeness (QED) is 0.656. The van der Waals surface area contributed by atoms with Crippen molar-refractivity contribution in [3.05, 3.63) is 54.4 Å². The van der Waals surface area contributed by atoms with Crippen LogP contribution in [0.5, 0.6) is 5.75 Å². The Kier molecular flexibility index (Phi) is 6.44. The third kappa shape index (κ3) is 5.08. The van der Waals surface area contributed by atoms with Crippen LogP contribution < -0.4 is 15.4 Å². The summed E-state index contributed by atoms with van der Waals surface area (Å²) in [6.45, 7) is 4.52. The van der Waals surface area contributed by atoms with Crippen LogP contribution in [0, 0.1) is 0 Å². The Morgan fingerprint density at radius 2 is 2.04 bits per heavy atom. The highest BCUT2D eigenvalue weighted by atomic mass is 16.5. The van der Waals surface area contributed by atoms with Gasteiger partial charge in [-0.1, -0.05) is 24.3 Å². The Bertz CT molecular complexity index is 815. The highest BCUT2D eigenvalue weighted by Gasteiger charge is 2.13. The average Bonchev–Trinajstić information content (AvgIpc) is 2.70. The SMILES string of the molecule is CCOc1ccc(-c2cnc(NC3=CCCC=C3)nc2N[C@H](C)CO)cc1. The molecule has 0 saturated carbocycles. The fourth-order valence-corrected chi connectivity index (χ4v) is 2.77. The van der Waals surface area contributed by atoms with E-state index in [0.29, 0.717) is 18.4 Å². The Morgan fingerprint density at radius 3 is 2.70 bits per heavy atom. The molecule has 1 heterocycles. The maximum absolute atomic E-state index is 9.43. The molecule has 0 amide bonds. The van der Waals surface area contributed by atoms with Gasteiger partial charge >= 0.3 is 0 Å². The molecule has 142 valence electrons. The molecule has 3 rings (SSSR count). The van der Waals surface area contributed by atoms with Crippen molar-refractivity contribution in [2.75, 3.05) is 23.8 Å². The number of rotatable bonds is 8. The van der Waals surface area contributed by atoms with Crippen LogP contribution in [0.25, 0.3) is 11.1 Å². The monoisotopic (exact) mass is 366 g/mol. The lowest BCUT2D eigenvalue weighted by Gasteiger charge is -2.17. The first-order valence-electron chi connectivity index (χ1n) is 9.31. The minimum Gasteiger partial charge on any atom is -0.494 e. The van der Waals surface area contributed by atoms with Gasteiger partial charge in [0.25, 0.3) is 0 Å². The zero-order valence-corrected chi connectivity index (χ0v) is 15.8. The third-order valence-electron chi connectivity index (χ3n) is 4.17. The van der Waals surface area contributed by atoms with E-state index in [1.165, 1.54) is 0 Å². The van der Waals surface area contributed by atoms with Crippen molar-refractivity contribution >= 4 is 11.8 Å². The number of anilines is 2. The van der Waals surface area contributed by atoms with Gasteiger partial charge in [-0.15, -0.1) is 0 Å². The Labute approximate surface area is 160 Å². The van der Waals surface area contributed by atoms with Gasteiger partial charge in [0.1, 0.15) is 11.6 Å². The van der Waals surface area contributed by atoms with Gasteiger partial charge in [0.05, 0.1) is 13.2 Å². The van der Waals surface area contributed by atoms with Crippen LogP contribution in [-0.4, -0.2) is 34.3 Å². The summed E-state index contributed by atoms with van der Waals surface area (Å²) in [6, 6.07) is 7.71. The second-order valence-electron chi connectivity index (χ2n) is 6.41. The minimum atomic E-state index is -0.122. The second kappa shape index (κ2) is 9.19. The van der Waals surface area contributed by atoms with E-state index in [9.17, 15) is 5.11 Å². The normalized spacial score (nSPS) is 14.4. The van der Waals surface area contributed by atoms with E-state index in [1.807, 2.05) is 44.2 Å². The standard InChI is InChI=1S/C21H26N4O2/c1-3-27-18-11-9-16(10-12-18)19-13-22-21(24-17-7-5-4-6-8-17)25-20(19)23-15(2)14-26/h5,7-13,15,26H,3-4,6,14H2,1-2H3,(H2,22,23,24,25)/t15-/m1/s1. The number of aliphatic hydroxyl groups excluding tert-OH is 1. The van der Waals surface area contributed by atoms with Gasteiger partial charge < -0.3 is 20.5 Å². The van der Waals surface area contributed by atoms with Gasteiger partial charge in [-0.25, -0.2) is 4.98 Å². The molecule has 0 saturated heterocycles. The van der Waals surface area contributed by atoms with Gasteiger partial charge in [0.15, 0.2) is 0 Å². The first kappa shape index (κ1) is 18.9. The summed E-state index contributed by atoms with van der Waals surface area (Å²) >= 11 is 0. The zero-order chi connectivity index (χ0) is 19.1. The van der Waals surface area contributed by atoms with E-state index >= 15 is 0 Å². The smallest absolute Gasteiger partial charge is 0.229 e. The number of ether oxygens (including phenoxy) is 1. The first-order valence-corrected chi connectivity index (χ1v) is 9.31. The topological polar surface area (TPSA) is 79.3 Å². The molecule has 0 aliphatic heterocycles. The van der Waals surface area contributed by atoms with E-state index in [1.54, 1.807) is 6.20 Å². The molecule has 27 heavy (non-hydrogen) atoms. The summed E-state index contributed by atoms with van der Waals surface area (Å²) in [7, 11) is 0.